The summed E-state index contributed by atoms with van der Waals surface area (Å²) < 4.78 is 6.09. The molecule has 10 nitrogen and oxygen atoms in total. The highest BCUT2D eigenvalue weighted by Gasteiger charge is 2.23. The summed E-state index contributed by atoms with van der Waals surface area (Å²) in [7, 11) is 0. The Kier molecular flexibility index (Phi) is 5.33. The fourth-order valence-electron chi connectivity index (χ4n) is 3.45. The number of rotatable bonds is 6. The maximum absolute atomic E-state index is 12.7. The van der Waals surface area contributed by atoms with Crippen LogP contribution in [-0.4, -0.2) is 21.3 Å². The minimum absolute atomic E-state index is 0.00634. The minimum atomic E-state index is -0.835. The molecule has 0 fully saturated rings. The van der Waals surface area contributed by atoms with Gasteiger partial charge in [0.05, 0.1) is 22.1 Å². The molecule has 0 aliphatic heterocycles. The van der Waals surface area contributed by atoms with Crippen molar-refractivity contribution in [1.29, 1.82) is 0 Å². The highest BCUT2D eigenvalue weighted by atomic mass is 32.1. The molecule has 4 aromatic rings. The summed E-state index contributed by atoms with van der Waals surface area (Å²) in [5.41, 5.74) is 7.20. The lowest BCUT2D eigenvalue weighted by Gasteiger charge is -2.07. The van der Waals surface area contributed by atoms with Gasteiger partial charge in [0.15, 0.2) is 5.58 Å². The number of hydrogen-bond donors (Lipinski definition) is 2. The zero-order valence-electron chi connectivity index (χ0n) is 16.7. The summed E-state index contributed by atoms with van der Waals surface area (Å²) in [4.78, 5) is 48.2. The van der Waals surface area contributed by atoms with Crippen molar-refractivity contribution in [3.8, 4) is 11.1 Å². The normalized spacial score (nSPS) is 10.9. The van der Waals surface area contributed by atoms with Crippen molar-refractivity contribution in [3.63, 3.8) is 0 Å². The number of carbonyl (C=O) groups is 2. The Balaban J connectivity index is 1.66. The number of thiophene rings is 1. The van der Waals surface area contributed by atoms with Crippen molar-refractivity contribution in [3.05, 3.63) is 79.6 Å². The minimum Gasteiger partial charge on any atom is -0.407 e. The van der Waals surface area contributed by atoms with Gasteiger partial charge in [-0.05, 0) is 18.6 Å². The Morgan fingerprint density at radius 3 is 2.59 bits per heavy atom. The fourth-order valence-corrected chi connectivity index (χ4v) is 4.55. The van der Waals surface area contributed by atoms with Gasteiger partial charge in [-0.1, -0.05) is 30.3 Å². The number of fused-ring (bicyclic) bond motifs is 1. The third-order valence-electron chi connectivity index (χ3n) is 4.81. The monoisotopic (exact) mass is 452 g/mol. The van der Waals surface area contributed by atoms with E-state index in [-0.39, 0.29) is 27.4 Å². The molecule has 11 heteroatoms. The van der Waals surface area contributed by atoms with Crippen LogP contribution < -0.4 is 16.8 Å². The molecule has 2 aromatic heterocycles. The standard InChI is InChI=1S/C21H16N4O6S/c1-11-17(12-5-3-2-4-6-12)18(19(22)27)20(32-11)23-16(26)10-24-14-8-7-13(25(29)30)9-15(14)31-21(24)28/h2-9H,10H2,1H3,(H2,22,27)(H,23,26). The summed E-state index contributed by atoms with van der Waals surface area (Å²) in [6.45, 7) is 1.40. The van der Waals surface area contributed by atoms with Gasteiger partial charge in [0.1, 0.15) is 11.5 Å². The lowest BCUT2D eigenvalue weighted by molar-refractivity contribution is -0.384. The number of carbonyl (C=O) groups excluding carboxylic acids is 2. The van der Waals surface area contributed by atoms with E-state index in [1.807, 2.05) is 37.3 Å². The maximum Gasteiger partial charge on any atom is 0.420 e. The second kappa shape index (κ2) is 8.12. The van der Waals surface area contributed by atoms with Crippen molar-refractivity contribution in [2.45, 2.75) is 13.5 Å². The number of nitro benzene ring substituents is 1. The molecule has 0 radical (unpaired) electrons. The largest absolute Gasteiger partial charge is 0.420 e. The summed E-state index contributed by atoms with van der Waals surface area (Å²) in [5, 5.41) is 13.8. The molecule has 4 rings (SSSR count). The number of aryl methyl sites for hydroxylation is 1. The molecule has 0 aliphatic rings. The van der Waals surface area contributed by atoms with E-state index in [4.69, 9.17) is 10.2 Å². The van der Waals surface area contributed by atoms with Crippen LogP contribution in [0.2, 0.25) is 0 Å². The average molecular weight is 452 g/mol. The van der Waals surface area contributed by atoms with Crippen LogP contribution in [0.3, 0.4) is 0 Å². The van der Waals surface area contributed by atoms with Crippen molar-refractivity contribution in [1.82, 2.24) is 4.57 Å². The summed E-state index contributed by atoms with van der Waals surface area (Å²) in [6.07, 6.45) is 0. The number of nitrogens with zero attached hydrogens (tertiary/aromatic N) is 2. The molecule has 0 spiro atoms. The molecule has 0 saturated heterocycles. The lowest BCUT2D eigenvalue weighted by Crippen LogP contribution is -2.25. The number of nitro groups is 1. The van der Waals surface area contributed by atoms with Crippen molar-refractivity contribution in [2.24, 2.45) is 5.73 Å². The first-order valence-electron chi connectivity index (χ1n) is 9.32. The highest BCUT2D eigenvalue weighted by molar-refractivity contribution is 7.17. The Bertz CT molecular complexity index is 1430. The van der Waals surface area contributed by atoms with E-state index in [1.54, 1.807) is 0 Å². The van der Waals surface area contributed by atoms with Crippen LogP contribution in [0.1, 0.15) is 15.2 Å². The molecular formula is C21H16N4O6S. The smallest absolute Gasteiger partial charge is 0.407 e. The van der Waals surface area contributed by atoms with Crippen LogP contribution >= 0.6 is 11.3 Å². The van der Waals surface area contributed by atoms with E-state index in [0.29, 0.717) is 5.56 Å². The first-order chi connectivity index (χ1) is 15.3. The molecule has 2 heterocycles. The fraction of sp³-hybridized carbons (Fsp3) is 0.0952. The highest BCUT2D eigenvalue weighted by Crippen LogP contribution is 2.39. The second-order valence-corrected chi connectivity index (χ2v) is 8.10. The third-order valence-corrected chi connectivity index (χ3v) is 5.83. The molecular weight excluding hydrogens is 436 g/mol. The average Bonchev–Trinajstić information content (AvgIpc) is 3.24. The quantitative estimate of drug-likeness (QED) is 0.338. The zero-order chi connectivity index (χ0) is 23.0. The van der Waals surface area contributed by atoms with Crippen LogP contribution in [-0.2, 0) is 11.3 Å². The van der Waals surface area contributed by atoms with Crippen molar-refractivity contribution < 1.29 is 18.9 Å². The van der Waals surface area contributed by atoms with E-state index in [9.17, 15) is 24.5 Å². The SMILES string of the molecule is Cc1sc(NC(=O)Cn2c(=O)oc3cc([N+](=O)[O-])ccc32)c(C(N)=O)c1-c1ccccc1. The number of nitrogens with two attached hydrogens (primary N) is 1. The number of non-ortho nitro benzene ring substituents is 1. The van der Waals surface area contributed by atoms with E-state index in [2.05, 4.69) is 5.32 Å². The summed E-state index contributed by atoms with van der Waals surface area (Å²) in [6, 6.07) is 12.8. The van der Waals surface area contributed by atoms with Gasteiger partial charge in [0.25, 0.3) is 11.6 Å². The number of hydrogen-bond acceptors (Lipinski definition) is 7. The van der Waals surface area contributed by atoms with Crippen molar-refractivity contribution in [2.75, 3.05) is 5.32 Å². The van der Waals surface area contributed by atoms with Crippen LogP contribution in [0, 0.1) is 17.0 Å². The Morgan fingerprint density at radius 2 is 1.94 bits per heavy atom. The number of nitrogens with one attached hydrogen (secondary N) is 1. The van der Waals surface area contributed by atoms with E-state index < -0.39 is 29.0 Å². The van der Waals surface area contributed by atoms with Crippen LogP contribution in [0.15, 0.2) is 57.7 Å². The predicted molar refractivity (Wildman–Crippen MR) is 119 cm³/mol. The van der Waals surface area contributed by atoms with Crippen LogP contribution in [0.5, 0.6) is 0 Å². The number of benzene rings is 2. The van der Waals surface area contributed by atoms with Gasteiger partial charge in [-0.2, -0.15) is 0 Å². The molecule has 0 aliphatic carbocycles. The van der Waals surface area contributed by atoms with Crippen LogP contribution in [0.25, 0.3) is 22.2 Å². The Morgan fingerprint density at radius 1 is 1.22 bits per heavy atom. The predicted octanol–water partition coefficient (Wildman–Crippen LogP) is 3.28. The van der Waals surface area contributed by atoms with Gasteiger partial charge >= 0.3 is 5.76 Å². The maximum atomic E-state index is 12.7. The first-order valence-corrected chi connectivity index (χ1v) is 10.1. The lowest BCUT2D eigenvalue weighted by atomic mass is 10.0. The van der Waals surface area contributed by atoms with E-state index >= 15 is 0 Å². The summed E-state index contributed by atoms with van der Waals surface area (Å²) >= 11 is 1.20. The molecule has 0 unspecified atom stereocenters. The molecule has 0 saturated carbocycles. The number of aromatic nitrogens is 1. The van der Waals surface area contributed by atoms with Gasteiger partial charge in [-0.25, -0.2) is 4.79 Å². The topological polar surface area (TPSA) is 150 Å². The molecule has 3 N–H and O–H groups in total. The first kappa shape index (κ1) is 21.0. The summed E-state index contributed by atoms with van der Waals surface area (Å²) in [5.74, 6) is -2.11. The van der Waals surface area contributed by atoms with Gasteiger partial charge in [-0.3, -0.25) is 24.3 Å². The zero-order valence-corrected chi connectivity index (χ0v) is 17.5. The molecule has 0 atom stereocenters. The molecule has 0 bridgehead atoms. The Hall–Kier alpha value is -4.25. The molecule has 32 heavy (non-hydrogen) atoms. The molecule has 2 amide bonds. The van der Waals surface area contributed by atoms with Crippen molar-refractivity contribution >= 4 is 44.9 Å². The number of primary amides is 1. The number of oxazole rings is 1. The van der Waals surface area contributed by atoms with Gasteiger partial charge in [0, 0.05) is 16.5 Å². The second-order valence-electron chi connectivity index (χ2n) is 6.88. The molecule has 162 valence electrons. The Labute approximate surface area is 184 Å². The van der Waals surface area contributed by atoms with Gasteiger partial charge in [-0.15, -0.1) is 11.3 Å². The number of amides is 2. The van der Waals surface area contributed by atoms with Gasteiger partial charge < -0.3 is 15.5 Å². The van der Waals surface area contributed by atoms with Crippen LogP contribution in [0.4, 0.5) is 10.7 Å². The van der Waals surface area contributed by atoms with Gasteiger partial charge in [0.2, 0.25) is 5.91 Å². The van der Waals surface area contributed by atoms with E-state index in [0.717, 1.165) is 21.1 Å². The molecule has 2 aromatic carbocycles. The number of anilines is 1. The third kappa shape index (κ3) is 3.76. The van der Waals surface area contributed by atoms with E-state index in [1.165, 1.54) is 23.5 Å².